The predicted molar refractivity (Wildman–Crippen MR) is 97.0 cm³/mol. The fourth-order valence-electron chi connectivity index (χ4n) is 2.43. The van der Waals surface area contributed by atoms with Crippen LogP contribution in [0.15, 0.2) is 78.9 Å². The molecule has 25 heavy (non-hydrogen) atoms. The molecule has 0 bridgehead atoms. The van der Waals surface area contributed by atoms with Crippen LogP contribution in [0.3, 0.4) is 0 Å². The summed E-state index contributed by atoms with van der Waals surface area (Å²) >= 11 is 0. The lowest BCUT2D eigenvalue weighted by atomic mass is 10.2. The quantitative estimate of drug-likeness (QED) is 0.550. The molecule has 0 heterocycles. The molecule has 0 radical (unpaired) electrons. The van der Waals surface area contributed by atoms with E-state index in [1.54, 1.807) is 0 Å². The SMILES string of the molecule is Nc1cc(O[PH+](c2ccccc2)c2ccccc2)cc(C(F)(F)F)c1. The zero-order chi connectivity index (χ0) is 17.9. The van der Waals surface area contributed by atoms with Gasteiger partial charge in [0.2, 0.25) is 8.15 Å². The fourth-order valence-corrected chi connectivity index (χ4v) is 4.34. The van der Waals surface area contributed by atoms with Gasteiger partial charge in [0.15, 0.2) is 5.75 Å². The van der Waals surface area contributed by atoms with Gasteiger partial charge >= 0.3 is 6.18 Å². The van der Waals surface area contributed by atoms with Gasteiger partial charge in [-0.2, -0.15) is 13.2 Å². The van der Waals surface area contributed by atoms with Gasteiger partial charge in [0.25, 0.3) is 0 Å². The Kier molecular flexibility index (Phi) is 4.95. The van der Waals surface area contributed by atoms with Crippen molar-refractivity contribution in [2.45, 2.75) is 6.18 Å². The summed E-state index contributed by atoms with van der Waals surface area (Å²) < 4.78 is 45.1. The normalized spacial score (nSPS) is 11.5. The molecule has 128 valence electrons. The Morgan fingerprint density at radius 2 is 1.28 bits per heavy atom. The van der Waals surface area contributed by atoms with Crippen LogP contribution in [-0.2, 0) is 6.18 Å². The van der Waals surface area contributed by atoms with Crippen molar-refractivity contribution in [3.8, 4) is 5.75 Å². The summed E-state index contributed by atoms with van der Waals surface area (Å²) in [6, 6.07) is 22.3. The molecule has 3 rings (SSSR count). The van der Waals surface area contributed by atoms with Gasteiger partial charge in [-0.1, -0.05) is 36.4 Å². The van der Waals surface area contributed by atoms with Gasteiger partial charge in [-0.3, -0.25) is 0 Å². The minimum absolute atomic E-state index is 0.0206. The van der Waals surface area contributed by atoms with E-state index in [0.29, 0.717) is 0 Å². The summed E-state index contributed by atoms with van der Waals surface area (Å²) in [6.07, 6.45) is -4.47. The molecule has 2 N–H and O–H groups in total. The molecule has 0 unspecified atom stereocenters. The monoisotopic (exact) mass is 362 g/mol. The molecule has 3 aromatic rings. The summed E-state index contributed by atoms with van der Waals surface area (Å²) in [5.74, 6) is 0.119. The zero-order valence-electron chi connectivity index (χ0n) is 13.1. The molecule has 0 saturated heterocycles. The van der Waals surface area contributed by atoms with E-state index >= 15 is 0 Å². The highest BCUT2D eigenvalue weighted by Gasteiger charge is 2.33. The maximum absolute atomic E-state index is 13.0. The molecule has 3 aromatic carbocycles. The Morgan fingerprint density at radius 1 is 0.760 bits per heavy atom. The average molecular weight is 362 g/mol. The first-order valence-corrected chi connectivity index (χ1v) is 8.98. The van der Waals surface area contributed by atoms with Gasteiger partial charge in [0.1, 0.15) is 10.6 Å². The molecule has 0 saturated carbocycles. The number of nitrogens with two attached hydrogens (primary N) is 1. The number of hydrogen-bond donors (Lipinski definition) is 1. The van der Waals surface area contributed by atoms with Crippen molar-refractivity contribution in [2.24, 2.45) is 0 Å². The molecule has 6 heteroatoms. The molecule has 2 nitrogen and oxygen atoms in total. The molecule has 0 amide bonds. The van der Waals surface area contributed by atoms with Gasteiger partial charge in [-0.05, 0) is 36.4 Å². The molecule has 0 aromatic heterocycles. The lowest BCUT2D eigenvalue weighted by Crippen LogP contribution is -2.15. The number of anilines is 1. The van der Waals surface area contributed by atoms with Crippen LogP contribution in [-0.4, -0.2) is 0 Å². The second kappa shape index (κ2) is 7.16. The maximum Gasteiger partial charge on any atom is 0.416 e. The Hall–Kier alpha value is -2.52. The predicted octanol–water partition coefficient (Wildman–Crippen LogP) is 4.45. The number of rotatable bonds is 4. The summed E-state index contributed by atoms with van der Waals surface area (Å²) in [7, 11) is -1.75. The minimum atomic E-state index is -4.47. The Morgan fingerprint density at radius 3 is 1.76 bits per heavy atom. The van der Waals surface area contributed by atoms with Gasteiger partial charge in [0.05, 0.1) is 5.56 Å². The largest absolute Gasteiger partial charge is 0.416 e. The third-order valence-corrected chi connectivity index (χ3v) is 5.70. The Bertz CT molecular complexity index is 799. The fraction of sp³-hybridized carbons (Fsp3) is 0.0526. The van der Waals surface area contributed by atoms with E-state index in [4.69, 9.17) is 10.3 Å². The molecular formula is C19H16F3NOP+. The average Bonchev–Trinajstić information content (AvgIpc) is 2.60. The standard InChI is InChI=1S/C19H15F3NOP/c20-19(21,22)14-11-15(23)13-16(12-14)24-25(17-7-3-1-4-8-17)18-9-5-2-6-10-18/h1-13H,23H2/p+1. The van der Waals surface area contributed by atoms with E-state index in [2.05, 4.69) is 0 Å². The maximum atomic E-state index is 13.0. The second-order valence-corrected chi connectivity index (χ2v) is 7.47. The van der Waals surface area contributed by atoms with Crippen LogP contribution < -0.4 is 20.9 Å². The highest BCUT2D eigenvalue weighted by molar-refractivity contribution is 7.68. The van der Waals surface area contributed by atoms with Crippen LogP contribution in [0, 0.1) is 0 Å². The van der Waals surface area contributed by atoms with Crippen molar-refractivity contribution < 1.29 is 17.7 Å². The van der Waals surface area contributed by atoms with E-state index in [1.807, 2.05) is 60.7 Å². The van der Waals surface area contributed by atoms with Gasteiger partial charge < -0.3 is 10.3 Å². The van der Waals surface area contributed by atoms with E-state index in [9.17, 15) is 13.2 Å². The smallest absolute Gasteiger partial charge is 0.399 e. The minimum Gasteiger partial charge on any atom is -0.399 e. The van der Waals surface area contributed by atoms with Gasteiger partial charge in [-0.15, -0.1) is 0 Å². The lowest BCUT2D eigenvalue weighted by Gasteiger charge is -2.13. The van der Waals surface area contributed by atoms with Crippen LogP contribution in [0.4, 0.5) is 18.9 Å². The molecule has 0 aliphatic carbocycles. The topological polar surface area (TPSA) is 35.2 Å². The van der Waals surface area contributed by atoms with E-state index in [-0.39, 0.29) is 11.4 Å². The third-order valence-electron chi connectivity index (χ3n) is 3.55. The number of nitrogen functional groups attached to an aromatic ring is 1. The summed E-state index contributed by atoms with van der Waals surface area (Å²) in [5.41, 5.74) is 4.85. The molecule has 0 spiro atoms. The second-order valence-electron chi connectivity index (χ2n) is 5.45. The van der Waals surface area contributed by atoms with Crippen LogP contribution >= 0.6 is 8.15 Å². The molecular weight excluding hydrogens is 346 g/mol. The highest BCUT2D eigenvalue weighted by atomic mass is 31.1. The number of hydrogen-bond acceptors (Lipinski definition) is 2. The van der Waals surface area contributed by atoms with Crippen molar-refractivity contribution >= 4 is 24.4 Å². The first kappa shape index (κ1) is 17.3. The van der Waals surface area contributed by atoms with Gasteiger partial charge in [0, 0.05) is 11.8 Å². The summed E-state index contributed by atoms with van der Waals surface area (Å²) in [6.45, 7) is 0. The third kappa shape index (κ3) is 4.31. The molecule has 0 fully saturated rings. The first-order valence-electron chi connectivity index (χ1n) is 7.57. The van der Waals surface area contributed by atoms with Crippen LogP contribution in [0.2, 0.25) is 0 Å². The zero-order valence-corrected chi connectivity index (χ0v) is 14.1. The van der Waals surface area contributed by atoms with Crippen molar-refractivity contribution in [2.75, 3.05) is 5.73 Å². The summed E-state index contributed by atoms with van der Waals surface area (Å²) in [4.78, 5) is 0. The number of alkyl halides is 3. The summed E-state index contributed by atoms with van der Waals surface area (Å²) in [5, 5.41) is 1.88. The lowest BCUT2D eigenvalue weighted by molar-refractivity contribution is -0.137. The highest BCUT2D eigenvalue weighted by Crippen LogP contribution is 2.40. The van der Waals surface area contributed by atoms with E-state index < -0.39 is 19.9 Å². The Balaban J connectivity index is 2.01. The van der Waals surface area contributed by atoms with E-state index in [1.165, 1.54) is 6.07 Å². The van der Waals surface area contributed by atoms with Crippen LogP contribution in [0.5, 0.6) is 5.75 Å². The van der Waals surface area contributed by atoms with Crippen molar-refractivity contribution in [1.29, 1.82) is 0 Å². The van der Waals surface area contributed by atoms with Crippen molar-refractivity contribution in [3.63, 3.8) is 0 Å². The molecule has 0 atom stereocenters. The van der Waals surface area contributed by atoms with E-state index in [0.717, 1.165) is 22.7 Å². The number of benzene rings is 3. The van der Waals surface area contributed by atoms with Crippen molar-refractivity contribution in [1.82, 2.24) is 0 Å². The molecule has 0 aliphatic heterocycles. The first-order chi connectivity index (χ1) is 11.9. The molecule has 0 aliphatic rings. The van der Waals surface area contributed by atoms with Crippen LogP contribution in [0.1, 0.15) is 5.56 Å². The van der Waals surface area contributed by atoms with Crippen LogP contribution in [0.25, 0.3) is 0 Å². The number of halogens is 3. The van der Waals surface area contributed by atoms with Gasteiger partial charge in [-0.25, -0.2) is 0 Å². The Labute approximate surface area is 144 Å². The van der Waals surface area contributed by atoms with Crippen molar-refractivity contribution in [3.05, 3.63) is 84.4 Å².